The van der Waals surface area contributed by atoms with Gasteiger partial charge >= 0.3 is 0 Å². The molecule has 0 spiro atoms. The minimum Gasteiger partial charge on any atom is -0.479 e. The lowest BCUT2D eigenvalue weighted by Gasteiger charge is -2.12. The molecule has 0 fully saturated rings. The summed E-state index contributed by atoms with van der Waals surface area (Å²) in [5, 5.41) is 0. The van der Waals surface area contributed by atoms with E-state index in [2.05, 4.69) is 14.7 Å². The molecule has 1 heterocycles. The second-order valence-corrected chi connectivity index (χ2v) is 4.54. The number of carbonyl (C=O) groups is 1. The minimum absolute atomic E-state index is 0. The molecular weight excluding hydrogens is 361 g/mol. The topological polar surface area (TPSA) is 81.0 Å². The number of imidazole rings is 1. The summed E-state index contributed by atoms with van der Waals surface area (Å²) < 4.78 is 70.0. The number of halogens is 6. The summed E-state index contributed by atoms with van der Waals surface area (Å²) in [6.45, 7) is -0.951. The van der Waals surface area contributed by atoms with Gasteiger partial charge in [-0.25, -0.2) is 18.2 Å². The maximum absolute atomic E-state index is 13.4. The Morgan fingerprint density at radius 1 is 1.12 bits per heavy atom. The molecule has 0 saturated heterocycles. The van der Waals surface area contributed by atoms with E-state index in [-0.39, 0.29) is 18.8 Å². The highest BCUT2D eigenvalue weighted by molar-refractivity contribution is 5.85. The number of hydrogen-bond donors (Lipinski definition) is 2. The fourth-order valence-corrected chi connectivity index (χ4v) is 1.71. The molecule has 0 unspecified atom stereocenters. The molecule has 24 heavy (non-hydrogen) atoms. The summed E-state index contributed by atoms with van der Waals surface area (Å²) in [4.78, 5) is 18.1. The lowest BCUT2D eigenvalue weighted by Crippen LogP contribution is -2.36. The largest absolute Gasteiger partial charge is 0.479 e. The highest BCUT2D eigenvalue weighted by Gasteiger charge is 2.28. The minimum atomic E-state index is -2.31. The fourth-order valence-electron chi connectivity index (χ4n) is 1.71. The van der Waals surface area contributed by atoms with E-state index in [4.69, 9.17) is 5.73 Å². The fraction of sp³-hybridized carbons (Fsp3) is 0.231. The van der Waals surface area contributed by atoms with Crippen LogP contribution in [0.5, 0.6) is 5.75 Å². The number of nitrogens with zero attached hydrogens (tertiary/aromatic N) is 1. The van der Waals surface area contributed by atoms with Gasteiger partial charge in [-0.05, 0) is 0 Å². The van der Waals surface area contributed by atoms with Crippen LogP contribution < -0.4 is 10.5 Å². The Balaban J connectivity index is 0.00000288. The van der Waals surface area contributed by atoms with E-state index < -0.39 is 53.3 Å². The van der Waals surface area contributed by atoms with Crippen molar-refractivity contribution in [3.63, 3.8) is 0 Å². The Morgan fingerprint density at radius 3 is 2.17 bits per heavy atom. The normalized spacial score (nSPS) is 11.8. The second-order valence-electron chi connectivity index (χ2n) is 4.54. The standard InChI is InChI=1S/C13H10F5N3O2.ClH/c14-8-9(15)11(17)13(12(18)10(8)16)23-3-7(22)6(19)1-5-2-20-4-21-5;/h2,4,6H,1,3,19H2,(H,20,21);1H/t6-;/m0./s1. The van der Waals surface area contributed by atoms with Crippen molar-refractivity contribution in [3.8, 4) is 5.75 Å². The summed E-state index contributed by atoms with van der Waals surface area (Å²) in [6, 6.07) is -1.10. The van der Waals surface area contributed by atoms with Crippen molar-refractivity contribution in [1.29, 1.82) is 0 Å². The lowest BCUT2D eigenvalue weighted by atomic mass is 10.1. The number of hydrogen-bond acceptors (Lipinski definition) is 4. The van der Waals surface area contributed by atoms with Crippen LogP contribution in [0.3, 0.4) is 0 Å². The Hall–Kier alpha value is -2.20. The molecule has 0 saturated carbocycles. The zero-order valence-corrected chi connectivity index (χ0v) is 12.6. The van der Waals surface area contributed by atoms with Crippen LogP contribution in [-0.4, -0.2) is 28.4 Å². The maximum Gasteiger partial charge on any atom is 0.207 e. The first-order chi connectivity index (χ1) is 10.8. The van der Waals surface area contributed by atoms with Crippen molar-refractivity contribution in [2.75, 3.05) is 6.61 Å². The van der Waals surface area contributed by atoms with E-state index in [1.807, 2.05) is 0 Å². The van der Waals surface area contributed by atoms with Crippen molar-refractivity contribution in [1.82, 2.24) is 9.97 Å². The smallest absolute Gasteiger partial charge is 0.207 e. The van der Waals surface area contributed by atoms with E-state index >= 15 is 0 Å². The molecule has 0 aliphatic rings. The molecule has 3 N–H and O–H groups in total. The van der Waals surface area contributed by atoms with Gasteiger partial charge < -0.3 is 15.5 Å². The molecule has 5 nitrogen and oxygen atoms in total. The molecule has 2 aromatic rings. The summed E-state index contributed by atoms with van der Waals surface area (Å²) in [5.41, 5.74) is 6.09. The van der Waals surface area contributed by atoms with Crippen molar-refractivity contribution >= 4 is 18.2 Å². The van der Waals surface area contributed by atoms with Gasteiger partial charge in [0.2, 0.25) is 29.1 Å². The number of nitrogens with one attached hydrogen (secondary N) is 1. The van der Waals surface area contributed by atoms with Crippen LogP contribution in [0.1, 0.15) is 5.69 Å². The quantitative estimate of drug-likeness (QED) is 0.462. The van der Waals surface area contributed by atoms with E-state index in [1.165, 1.54) is 12.5 Å². The van der Waals surface area contributed by atoms with Crippen LogP contribution in [0.25, 0.3) is 0 Å². The number of Topliss-reactive ketones (excluding diaryl/α,β-unsaturated/α-hetero) is 1. The van der Waals surface area contributed by atoms with Crippen LogP contribution in [0.4, 0.5) is 22.0 Å². The molecule has 1 aromatic carbocycles. The summed E-state index contributed by atoms with van der Waals surface area (Å²) in [7, 11) is 0. The Morgan fingerprint density at radius 2 is 1.67 bits per heavy atom. The zero-order chi connectivity index (χ0) is 17.1. The number of carbonyl (C=O) groups excluding carboxylic acids is 1. The van der Waals surface area contributed by atoms with Gasteiger partial charge in [-0.1, -0.05) is 0 Å². The van der Waals surface area contributed by atoms with Crippen molar-refractivity contribution in [2.45, 2.75) is 12.5 Å². The third kappa shape index (κ3) is 4.01. The monoisotopic (exact) mass is 371 g/mol. The van der Waals surface area contributed by atoms with Gasteiger partial charge in [0.15, 0.2) is 11.5 Å². The molecular formula is C13H11ClF5N3O2. The molecule has 132 valence electrons. The van der Waals surface area contributed by atoms with Crippen LogP contribution >= 0.6 is 12.4 Å². The Kier molecular flexibility index (Phi) is 6.67. The molecule has 0 amide bonds. The number of H-pyrrole nitrogens is 1. The second kappa shape index (κ2) is 8.06. The van der Waals surface area contributed by atoms with Gasteiger partial charge in [0.1, 0.15) is 6.61 Å². The third-order valence-electron chi connectivity index (χ3n) is 2.94. The molecule has 2 rings (SSSR count). The molecule has 0 bridgehead atoms. The number of benzene rings is 1. The van der Waals surface area contributed by atoms with Crippen LogP contribution in [0.15, 0.2) is 12.5 Å². The highest BCUT2D eigenvalue weighted by atomic mass is 35.5. The first kappa shape index (κ1) is 19.8. The van der Waals surface area contributed by atoms with E-state index in [0.29, 0.717) is 5.69 Å². The zero-order valence-electron chi connectivity index (χ0n) is 11.8. The van der Waals surface area contributed by atoms with Gasteiger partial charge in [-0.15, -0.1) is 12.4 Å². The van der Waals surface area contributed by atoms with Crippen molar-refractivity contribution in [3.05, 3.63) is 47.3 Å². The van der Waals surface area contributed by atoms with Gasteiger partial charge in [-0.3, -0.25) is 4.79 Å². The first-order valence-electron chi connectivity index (χ1n) is 6.22. The number of ketones is 1. The van der Waals surface area contributed by atoms with E-state index in [1.54, 1.807) is 0 Å². The van der Waals surface area contributed by atoms with Gasteiger partial charge in [0, 0.05) is 18.3 Å². The van der Waals surface area contributed by atoms with Crippen LogP contribution in [-0.2, 0) is 11.2 Å². The SMILES string of the molecule is Cl.N[C@@H](Cc1cnc[nH]1)C(=O)COc1c(F)c(F)c(F)c(F)c1F. The van der Waals surface area contributed by atoms with Gasteiger partial charge in [-0.2, -0.15) is 8.78 Å². The highest BCUT2D eigenvalue weighted by Crippen LogP contribution is 2.29. The number of nitrogens with two attached hydrogens (primary N) is 1. The van der Waals surface area contributed by atoms with Crippen molar-refractivity contribution in [2.24, 2.45) is 5.73 Å². The number of rotatable bonds is 6. The lowest BCUT2D eigenvalue weighted by molar-refractivity contribution is -0.122. The molecule has 11 heteroatoms. The maximum atomic E-state index is 13.4. The summed E-state index contributed by atoms with van der Waals surface area (Å²) in [5.74, 6) is -13.3. The molecule has 0 radical (unpaired) electrons. The predicted molar refractivity (Wildman–Crippen MR) is 74.2 cm³/mol. The summed E-state index contributed by atoms with van der Waals surface area (Å²) in [6.07, 6.45) is 2.81. The third-order valence-corrected chi connectivity index (χ3v) is 2.94. The van der Waals surface area contributed by atoms with Gasteiger partial charge in [0.05, 0.1) is 12.4 Å². The Labute approximate surface area is 138 Å². The summed E-state index contributed by atoms with van der Waals surface area (Å²) >= 11 is 0. The van der Waals surface area contributed by atoms with Crippen molar-refractivity contribution < 1.29 is 31.5 Å². The van der Waals surface area contributed by atoms with E-state index in [9.17, 15) is 26.7 Å². The molecule has 1 atom stereocenters. The van der Waals surface area contributed by atoms with Crippen LogP contribution in [0.2, 0.25) is 0 Å². The average molecular weight is 372 g/mol. The van der Waals surface area contributed by atoms with Crippen LogP contribution in [0, 0.1) is 29.1 Å². The number of aromatic amines is 1. The molecule has 0 aliphatic heterocycles. The average Bonchev–Trinajstić information content (AvgIpc) is 3.03. The predicted octanol–water partition coefficient (Wildman–Crippen LogP) is 2.04. The Bertz CT molecular complexity index is 698. The number of aromatic nitrogens is 2. The molecule has 0 aliphatic carbocycles. The molecule has 1 aromatic heterocycles. The first-order valence-corrected chi connectivity index (χ1v) is 6.22. The van der Waals surface area contributed by atoms with Gasteiger partial charge in [0.25, 0.3) is 0 Å². The number of ether oxygens (including phenoxy) is 1. The van der Waals surface area contributed by atoms with E-state index in [0.717, 1.165) is 0 Å².